The fraction of sp³-hybridized carbons (Fsp3) is 0.929. The first kappa shape index (κ1) is 13.8. The van der Waals surface area contributed by atoms with E-state index in [4.69, 9.17) is 0 Å². The smallest absolute Gasteiger partial charge is 0.227 e. The predicted molar refractivity (Wildman–Crippen MR) is 73.5 cm³/mol. The number of piperidine rings is 1. The second-order valence-corrected chi connectivity index (χ2v) is 5.82. The van der Waals surface area contributed by atoms with Gasteiger partial charge in [-0.1, -0.05) is 0 Å². The van der Waals surface area contributed by atoms with Crippen LogP contribution in [0, 0.1) is 5.92 Å². The minimum Gasteiger partial charge on any atom is -0.339 e. The molecule has 4 nitrogen and oxygen atoms in total. The van der Waals surface area contributed by atoms with Gasteiger partial charge in [-0.2, -0.15) is 0 Å². The number of hydrogen-bond donors (Lipinski definition) is 1. The molecular formula is C14H27N3O. The summed E-state index contributed by atoms with van der Waals surface area (Å²) in [6.45, 7) is 4.02. The predicted octanol–water partition coefficient (Wildman–Crippen LogP) is 0.929. The molecule has 0 radical (unpaired) electrons. The summed E-state index contributed by atoms with van der Waals surface area (Å²) in [5, 5.41) is 3.20. The summed E-state index contributed by atoms with van der Waals surface area (Å²) in [7, 11) is 4.10. The summed E-state index contributed by atoms with van der Waals surface area (Å²) in [6.07, 6.45) is 5.80. The number of hydrogen-bond acceptors (Lipinski definition) is 3. The molecule has 2 rings (SSSR count). The Morgan fingerprint density at radius 2 is 2.11 bits per heavy atom. The number of carbonyl (C=O) groups is 1. The highest BCUT2D eigenvalue weighted by Crippen LogP contribution is 2.24. The van der Waals surface area contributed by atoms with E-state index in [9.17, 15) is 4.79 Å². The zero-order valence-electron chi connectivity index (χ0n) is 11.8. The zero-order chi connectivity index (χ0) is 13.0. The number of likely N-dealkylation sites (tertiary alicyclic amines) is 2. The van der Waals surface area contributed by atoms with E-state index >= 15 is 0 Å². The molecule has 2 saturated heterocycles. The van der Waals surface area contributed by atoms with Gasteiger partial charge in [0.05, 0.1) is 5.92 Å². The number of rotatable bonds is 4. The minimum atomic E-state index is 0.255. The van der Waals surface area contributed by atoms with Crippen LogP contribution < -0.4 is 5.32 Å². The highest BCUT2D eigenvalue weighted by atomic mass is 16.2. The summed E-state index contributed by atoms with van der Waals surface area (Å²) in [4.78, 5) is 17.1. The third-order valence-electron chi connectivity index (χ3n) is 4.38. The van der Waals surface area contributed by atoms with Gasteiger partial charge < -0.3 is 15.1 Å². The van der Waals surface area contributed by atoms with Crippen molar-refractivity contribution in [3.63, 3.8) is 0 Å². The molecule has 2 fully saturated rings. The van der Waals surface area contributed by atoms with Crippen LogP contribution in [0.3, 0.4) is 0 Å². The molecular weight excluding hydrogens is 226 g/mol. The lowest BCUT2D eigenvalue weighted by atomic mass is 9.96. The van der Waals surface area contributed by atoms with Gasteiger partial charge >= 0.3 is 0 Å². The van der Waals surface area contributed by atoms with Crippen LogP contribution in [0.25, 0.3) is 0 Å². The van der Waals surface area contributed by atoms with Gasteiger partial charge in [-0.05, 0) is 59.3 Å². The van der Waals surface area contributed by atoms with E-state index in [-0.39, 0.29) is 5.92 Å². The van der Waals surface area contributed by atoms with Crippen molar-refractivity contribution in [3.8, 4) is 0 Å². The van der Waals surface area contributed by atoms with E-state index in [0.29, 0.717) is 11.9 Å². The summed E-state index contributed by atoms with van der Waals surface area (Å²) < 4.78 is 0. The average Bonchev–Trinajstić information content (AvgIpc) is 2.82. The molecule has 4 heteroatoms. The van der Waals surface area contributed by atoms with Crippen molar-refractivity contribution in [2.45, 2.75) is 38.1 Å². The van der Waals surface area contributed by atoms with E-state index in [1.807, 2.05) is 7.05 Å². The molecule has 1 N–H and O–H groups in total. The third kappa shape index (κ3) is 3.23. The first-order valence-corrected chi connectivity index (χ1v) is 7.36. The van der Waals surface area contributed by atoms with Crippen LogP contribution >= 0.6 is 0 Å². The van der Waals surface area contributed by atoms with Gasteiger partial charge in [-0.3, -0.25) is 4.79 Å². The van der Waals surface area contributed by atoms with E-state index in [2.05, 4.69) is 22.2 Å². The monoisotopic (exact) mass is 253 g/mol. The molecule has 2 aliphatic heterocycles. The lowest BCUT2D eigenvalue weighted by molar-refractivity contribution is -0.139. The third-order valence-corrected chi connectivity index (χ3v) is 4.38. The van der Waals surface area contributed by atoms with Crippen LogP contribution in [0.4, 0.5) is 0 Å². The topological polar surface area (TPSA) is 35.6 Å². The highest BCUT2D eigenvalue weighted by Gasteiger charge is 2.33. The van der Waals surface area contributed by atoms with Gasteiger partial charge in [0.25, 0.3) is 0 Å². The maximum atomic E-state index is 12.6. The van der Waals surface area contributed by atoms with Gasteiger partial charge in [0.15, 0.2) is 0 Å². The van der Waals surface area contributed by atoms with Crippen molar-refractivity contribution >= 4 is 5.91 Å². The Hall–Kier alpha value is -0.610. The second-order valence-electron chi connectivity index (χ2n) is 5.82. The quantitative estimate of drug-likeness (QED) is 0.809. The van der Waals surface area contributed by atoms with E-state index < -0.39 is 0 Å². The maximum absolute atomic E-state index is 12.6. The molecule has 0 spiro atoms. The van der Waals surface area contributed by atoms with Gasteiger partial charge in [-0.25, -0.2) is 0 Å². The molecule has 0 aliphatic carbocycles. The SMILES string of the molecule is CNCCC1CCCCN1C(=O)C1CCN(C)C1. The fourth-order valence-corrected chi connectivity index (χ4v) is 3.27. The molecule has 0 bridgehead atoms. The van der Waals surface area contributed by atoms with Crippen LogP contribution in [-0.2, 0) is 4.79 Å². The summed E-state index contributed by atoms with van der Waals surface area (Å²) in [5.74, 6) is 0.672. The lowest BCUT2D eigenvalue weighted by Gasteiger charge is -2.37. The largest absolute Gasteiger partial charge is 0.339 e. The number of carbonyl (C=O) groups excluding carboxylic acids is 1. The van der Waals surface area contributed by atoms with Crippen molar-refractivity contribution < 1.29 is 4.79 Å². The molecule has 0 aromatic rings. The number of amides is 1. The van der Waals surface area contributed by atoms with Crippen molar-refractivity contribution in [2.75, 3.05) is 40.3 Å². The molecule has 2 heterocycles. The van der Waals surface area contributed by atoms with E-state index in [0.717, 1.165) is 39.0 Å². The maximum Gasteiger partial charge on any atom is 0.227 e. The number of nitrogens with one attached hydrogen (secondary N) is 1. The van der Waals surface area contributed by atoms with Crippen LogP contribution in [0.15, 0.2) is 0 Å². The van der Waals surface area contributed by atoms with Crippen molar-refractivity contribution in [1.82, 2.24) is 15.1 Å². The van der Waals surface area contributed by atoms with Crippen molar-refractivity contribution in [3.05, 3.63) is 0 Å². The Bertz CT molecular complexity index is 282. The molecule has 104 valence electrons. The molecule has 18 heavy (non-hydrogen) atoms. The van der Waals surface area contributed by atoms with Gasteiger partial charge in [0.2, 0.25) is 5.91 Å². The number of nitrogens with zero attached hydrogens (tertiary/aromatic N) is 2. The first-order valence-electron chi connectivity index (χ1n) is 7.36. The van der Waals surface area contributed by atoms with Crippen molar-refractivity contribution in [2.24, 2.45) is 5.92 Å². The fourth-order valence-electron chi connectivity index (χ4n) is 3.27. The Labute approximate surface area is 111 Å². The standard InChI is InChI=1S/C14H27N3O/c1-15-8-6-13-5-3-4-9-17(13)14(18)12-7-10-16(2)11-12/h12-13,15H,3-11H2,1-2H3. The zero-order valence-corrected chi connectivity index (χ0v) is 11.8. The molecule has 2 unspecified atom stereocenters. The van der Waals surface area contributed by atoms with Gasteiger partial charge in [0.1, 0.15) is 0 Å². The Kier molecular flexibility index (Phi) is 5.01. The van der Waals surface area contributed by atoms with Crippen molar-refractivity contribution in [1.29, 1.82) is 0 Å². The summed E-state index contributed by atoms with van der Waals surface area (Å²) in [5.41, 5.74) is 0. The minimum absolute atomic E-state index is 0.255. The molecule has 0 aromatic carbocycles. The lowest BCUT2D eigenvalue weighted by Crippen LogP contribution is -2.47. The van der Waals surface area contributed by atoms with E-state index in [1.165, 1.54) is 19.3 Å². The molecule has 2 aliphatic rings. The average molecular weight is 253 g/mol. The molecule has 0 saturated carbocycles. The molecule has 1 amide bonds. The van der Waals surface area contributed by atoms with Crippen LogP contribution in [-0.4, -0.2) is 62.0 Å². The highest BCUT2D eigenvalue weighted by molar-refractivity contribution is 5.79. The van der Waals surface area contributed by atoms with Gasteiger partial charge in [0, 0.05) is 19.1 Å². The van der Waals surface area contributed by atoms with Crippen LogP contribution in [0.5, 0.6) is 0 Å². The van der Waals surface area contributed by atoms with Gasteiger partial charge in [-0.15, -0.1) is 0 Å². The normalized spacial score (nSPS) is 29.8. The Morgan fingerprint density at radius 3 is 2.78 bits per heavy atom. The van der Waals surface area contributed by atoms with Crippen LogP contribution in [0.1, 0.15) is 32.1 Å². The van der Waals surface area contributed by atoms with E-state index in [1.54, 1.807) is 0 Å². The second kappa shape index (κ2) is 6.53. The molecule has 2 atom stereocenters. The Morgan fingerprint density at radius 1 is 1.28 bits per heavy atom. The molecule has 0 aromatic heterocycles. The first-order chi connectivity index (χ1) is 8.72. The Balaban J connectivity index is 1.93. The summed E-state index contributed by atoms with van der Waals surface area (Å²) >= 11 is 0. The van der Waals surface area contributed by atoms with Crippen LogP contribution in [0.2, 0.25) is 0 Å². The summed E-state index contributed by atoms with van der Waals surface area (Å²) in [6, 6.07) is 0.476.